The summed E-state index contributed by atoms with van der Waals surface area (Å²) in [7, 11) is 0. The molecule has 3 aromatic rings. The SMILES string of the molecule is CCOC(=O)NC1Cc2ccc(NC(=O)c3ccc(C)cc3-c3ccc(C(F)(F)F)cc3)cc2C1. The number of alkyl halides is 3. The van der Waals surface area contributed by atoms with E-state index in [1.807, 2.05) is 19.1 Å². The molecule has 1 unspecified atom stereocenters. The van der Waals surface area contributed by atoms with Gasteiger partial charge in [-0.2, -0.15) is 13.2 Å². The van der Waals surface area contributed by atoms with Crippen molar-refractivity contribution in [3.05, 3.63) is 88.5 Å². The predicted molar refractivity (Wildman–Crippen MR) is 127 cm³/mol. The summed E-state index contributed by atoms with van der Waals surface area (Å²) < 4.78 is 43.8. The van der Waals surface area contributed by atoms with Crippen LogP contribution in [0.5, 0.6) is 0 Å². The predicted octanol–water partition coefficient (Wildman–Crippen LogP) is 6.15. The molecule has 1 aliphatic carbocycles. The topological polar surface area (TPSA) is 67.4 Å². The maximum absolute atomic E-state index is 13.2. The molecule has 2 amide bonds. The Morgan fingerprint density at radius 3 is 2.37 bits per heavy atom. The highest BCUT2D eigenvalue weighted by atomic mass is 19.4. The van der Waals surface area contributed by atoms with Crippen LogP contribution in [-0.4, -0.2) is 24.6 Å². The van der Waals surface area contributed by atoms with Crippen LogP contribution in [0.4, 0.5) is 23.7 Å². The Morgan fingerprint density at radius 1 is 0.971 bits per heavy atom. The summed E-state index contributed by atoms with van der Waals surface area (Å²) >= 11 is 0. The van der Waals surface area contributed by atoms with E-state index in [0.717, 1.165) is 28.8 Å². The average Bonchev–Trinajstić information content (AvgIpc) is 3.20. The number of alkyl carbamates (subject to hydrolysis) is 1. The summed E-state index contributed by atoms with van der Waals surface area (Å²) in [6.07, 6.45) is -3.57. The maximum atomic E-state index is 13.2. The number of aryl methyl sites for hydroxylation is 1. The second-order valence-corrected chi connectivity index (χ2v) is 8.53. The fraction of sp³-hybridized carbons (Fsp3) is 0.259. The van der Waals surface area contributed by atoms with Gasteiger partial charge in [-0.15, -0.1) is 0 Å². The number of hydrogen-bond donors (Lipinski definition) is 2. The molecule has 0 bridgehead atoms. The average molecular weight is 483 g/mol. The zero-order chi connectivity index (χ0) is 25.2. The second-order valence-electron chi connectivity index (χ2n) is 8.53. The Labute approximate surface area is 201 Å². The molecule has 0 radical (unpaired) electrons. The third kappa shape index (κ3) is 5.65. The minimum Gasteiger partial charge on any atom is -0.450 e. The van der Waals surface area contributed by atoms with E-state index < -0.39 is 17.8 Å². The van der Waals surface area contributed by atoms with E-state index in [1.54, 1.807) is 31.2 Å². The number of fused-ring (bicyclic) bond motifs is 1. The number of carbonyl (C=O) groups excluding carboxylic acids is 2. The van der Waals surface area contributed by atoms with Crippen LogP contribution < -0.4 is 10.6 Å². The summed E-state index contributed by atoms with van der Waals surface area (Å²) in [6, 6.07) is 15.6. The molecule has 0 aliphatic heterocycles. The van der Waals surface area contributed by atoms with E-state index in [0.29, 0.717) is 41.8 Å². The molecule has 35 heavy (non-hydrogen) atoms. The molecule has 1 aliphatic rings. The van der Waals surface area contributed by atoms with Gasteiger partial charge in [0.15, 0.2) is 0 Å². The minimum absolute atomic E-state index is 0.0710. The Kier molecular flexibility index (Phi) is 6.82. The molecule has 3 aromatic carbocycles. The van der Waals surface area contributed by atoms with Crippen molar-refractivity contribution < 1.29 is 27.5 Å². The van der Waals surface area contributed by atoms with Gasteiger partial charge in [-0.1, -0.05) is 35.9 Å². The van der Waals surface area contributed by atoms with Crippen molar-refractivity contribution in [2.45, 2.75) is 38.9 Å². The van der Waals surface area contributed by atoms with Gasteiger partial charge in [-0.05, 0) is 79.3 Å². The molecular weight excluding hydrogens is 457 g/mol. The summed E-state index contributed by atoms with van der Waals surface area (Å²) in [5.41, 5.74) is 4.29. The third-order valence-electron chi connectivity index (χ3n) is 5.94. The number of halogens is 3. The molecule has 182 valence electrons. The normalized spacial score (nSPS) is 14.8. The first-order chi connectivity index (χ1) is 16.6. The van der Waals surface area contributed by atoms with E-state index in [4.69, 9.17) is 4.74 Å². The van der Waals surface area contributed by atoms with Crippen LogP contribution in [0.25, 0.3) is 11.1 Å². The first kappa shape index (κ1) is 24.3. The third-order valence-corrected chi connectivity index (χ3v) is 5.94. The van der Waals surface area contributed by atoms with Crippen molar-refractivity contribution in [1.82, 2.24) is 5.32 Å². The molecule has 0 heterocycles. The Bertz CT molecular complexity index is 1250. The van der Waals surface area contributed by atoms with Crippen LogP contribution in [-0.2, 0) is 23.8 Å². The first-order valence-corrected chi connectivity index (χ1v) is 11.3. The minimum atomic E-state index is -4.43. The van der Waals surface area contributed by atoms with Gasteiger partial charge in [0.2, 0.25) is 0 Å². The summed E-state index contributed by atoms with van der Waals surface area (Å²) in [5.74, 6) is -0.362. The van der Waals surface area contributed by atoms with Gasteiger partial charge >= 0.3 is 12.3 Å². The van der Waals surface area contributed by atoms with Gasteiger partial charge < -0.3 is 15.4 Å². The number of ether oxygens (including phenoxy) is 1. The van der Waals surface area contributed by atoms with Crippen LogP contribution in [0.1, 0.15) is 39.5 Å². The van der Waals surface area contributed by atoms with Gasteiger partial charge in [0.1, 0.15) is 0 Å². The molecule has 0 fully saturated rings. The molecule has 1 atom stereocenters. The summed E-state index contributed by atoms with van der Waals surface area (Å²) in [6.45, 7) is 3.90. The number of benzene rings is 3. The van der Waals surface area contributed by atoms with Crippen molar-refractivity contribution in [1.29, 1.82) is 0 Å². The van der Waals surface area contributed by atoms with E-state index in [1.165, 1.54) is 12.1 Å². The molecule has 2 N–H and O–H groups in total. The molecule has 4 rings (SSSR count). The number of hydrogen-bond acceptors (Lipinski definition) is 3. The number of amides is 2. The molecule has 0 spiro atoms. The van der Waals surface area contributed by atoms with E-state index in [9.17, 15) is 22.8 Å². The monoisotopic (exact) mass is 482 g/mol. The van der Waals surface area contributed by atoms with Crippen molar-refractivity contribution in [2.24, 2.45) is 0 Å². The van der Waals surface area contributed by atoms with E-state index in [-0.39, 0.29) is 11.9 Å². The zero-order valence-corrected chi connectivity index (χ0v) is 19.3. The lowest BCUT2D eigenvalue weighted by molar-refractivity contribution is -0.137. The fourth-order valence-electron chi connectivity index (χ4n) is 4.27. The van der Waals surface area contributed by atoms with Gasteiger partial charge in [0.05, 0.1) is 12.2 Å². The molecular formula is C27H25F3N2O3. The largest absolute Gasteiger partial charge is 0.450 e. The number of carbonyl (C=O) groups is 2. The van der Waals surface area contributed by atoms with Crippen LogP contribution in [0.3, 0.4) is 0 Å². The Balaban J connectivity index is 1.53. The highest BCUT2D eigenvalue weighted by Crippen LogP contribution is 2.33. The lowest BCUT2D eigenvalue weighted by Crippen LogP contribution is -2.35. The van der Waals surface area contributed by atoms with Gasteiger partial charge in [-0.25, -0.2) is 4.79 Å². The highest BCUT2D eigenvalue weighted by Gasteiger charge is 2.30. The lowest BCUT2D eigenvalue weighted by Gasteiger charge is -2.13. The summed E-state index contributed by atoms with van der Waals surface area (Å²) in [4.78, 5) is 24.9. The van der Waals surface area contributed by atoms with Crippen LogP contribution in [0, 0.1) is 6.92 Å². The summed E-state index contributed by atoms with van der Waals surface area (Å²) in [5, 5.41) is 5.74. The smallest absolute Gasteiger partial charge is 0.416 e. The van der Waals surface area contributed by atoms with Gasteiger partial charge in [-0.3, -0.25) is 4.79 Å². The van der Waals surface area contributed by atoms with E-state index >= 15 is 0 Å². The van der Waals surface area contributed by atoms with Gasteiger partial charge in [0.25, 0.3) is 5.91 Å². The van der Waals surface area contributed by atoms with Crippen molar-refractivity contribution in [3.8, 4) is 11.1 Å². The fourth-order valence-corrected chi connectivity index (χ4v) is 4.27. The van der Waals surface area contributed by atoms with Crippen molar-refractivity contribution in [2.75, 3.05) is 11.9 Å². The molecule has 5 nitrogen and oxygen atoms in total. The molecule has 0 aromatic heterocycles. The maximum Gasteiger partial charge on any atom is 0.416 e. The molecule has 0 saturated carbocycles. The zero-order valence-electron chi connectivity index (χ0n) is 19.3. The Morgan fingerprint density at radius 2 is 1.69 bits per heavy atom. The van der Waals surface area contributed by atoms with Crippen molar-refractivity contribution >= 4 is 17.7 Å². The van der Waals surface area contributed by atoms with Crippen LogP contribution in [0.15, 0.2) is 60.7 Å². The lowest BCUT2D eigenvalue weighted by atomic mass is 9.96. The molecule has 8 heteroatoms. The number of rotatable bonds is 5. The van der Waals surface area contributed by atoms with Crippen molar-refractivity contribution in [3.63, 3.8) is 0 Å². The highest BCUT2D eigenvalue weighted by molar-refractivity contribution is 6.08. The molecule has 0 saturated heterocycles. The number of nitrogens with one attached hydrogen (secondary N) is 2. The van der Waals surface area contributed by atoms with E-state index in [2.05, 4.69) is 10.6 Å². The quantitative estimate of drug-likeness (QED) is 0.459. The van der Waals surface area contributed by atoms with Crippen LogP contribution in [0.2, 0.25) is 0 Å². The first-order valence-electron chi connectivity index (χ1n) is 11.3. The van der Waals surface area contributed by atoms with Gasteiger partial charge in [0, 0.05) is 17.3 Å². The second kappa shape index (κ2) is 9.82. The number of anilines is 1. The Hall–Kier alpha value is -3.81. The van der Waals surface area contributed by atoms with Crippen LogP contribution >= 0.6 is 0 Å². The standard InChI is InChI=1S/C27H25F3N2O3/c1-3-35-26(34)32-22-13-18-7-10-21(14-19(18)15-22)31-25(33)23-11-4-16(2)12-24(23)17-5-8-20(9-6-17)27(28,29)30/h4-12,14,22H,3,13,15H2,1-2H3,(H,31,33)(H,32,34).